The molecular weight excluding hydrogens is 222 g/mol. The highest BCUT2D eigenvalue weighted by molar-refractivity contribution is 9.10. The number of hydrogen-bond acceptors (Lipinski definition) is 2. The van der Waals surface area contributed by atoms with Crippen molar-refractivity contribution in [2.24, 2.45) is 0 Å². The Balaban J connectivity index is 2.86. The van der Waals surface area contributed by atoms with Crippen molar-refractivity contribution in [1.29, 1.82) is 0 Å². The van der Waals surface area contributed by atoms with Gasteiger partial charge in [0, 0.05) is 10.2 Å². The van der Waals surface area contributed by atoms with E-state index in [1.165, 1.54) is 5.56 Å². The summed E-state index contributed by atoms with van der Waals surface area (Å²) in [5.41, 5.74) is 2.34. The smallest absolute Gasteiger partial charge is 0.0581 e. The van der Waals surface area contributed by atoms with Crippen LogP contribution in [0.4, 0.5) is 5.69 Å². The second-order valence-electron chi connectivity index (χ2n) is 2.30. The molecule has 1 N–H and O–H groups in total. The molecule has 3 heteroatoms. The standard InChI is InChI=1S/C8H10BrNS/c1-6-4-7(10-5-11)2-3-8(6)9/h2-4,10-11H,5H2,1H3. The zero-order valence-electron chi connectivity index (χ0n) is 6.26. The minimum atomic E-state index is 0.668. The SMILES string of the molecule is Cc1cc(NCS)ccc1Br. The molecule has 0 radical (unpaired) electrons. The molecule has 0 saturated heterocycles. The van der Waals surface area contributed by atoms with Crippen LogP contribution in [0.1, 0.15) is 5.56 Å². The first-order valence-corrected chi connectivity index (χ1v) is 4.77. The van der Waals surface area contributed by atoms with E-state index in [9.17, 15) is 0 Å². The molecule has 0 aliphatic rings. The fourth-order valence-corrected chi connectivity index (χ4v) is 1.28. The van der Waals surface area contributed by atoms with Gasteiger partial charge in [-0.05, 0) is 30.7 Å². The van der Waals surface area contributed by atoms with Crippen LogP contribution in [-0.4, -0.2) is 5.88 Å². The Morgan fingerprint density at radius 3 is 2.82 bits per heavy atom. The lowest BCUT2D eigenvalue weighted by Crippen LogP contribution is -1.94. The largest absolute Gasteiger partial charge is 0.376 e. The molecule has 0 amide bonds. The Hall–Kier alpha value is -0.150. The molecule has 0 atom stereocenters. The van der Waals surface area contributed by atoms with Gasteiger partial charge in [-0.25, -0.2) is 0 Å². The highest BCUT2D eigenvalue weighted by atomic mass is 79.9. The summed E-state index contributed by atoms with van der Waals surface area (Å²) in [7, 11) is 0. The third-order valence-corrected chi connectivity index (χ3v) is 2.49. The first-order valence-electron chi connectivity index (χ1n) is 3.35. The highest BCUT2D eigenvalue weighted by Gasteiger charge is 1.94. The van der Waals surface area contributed by atoms with Crippen molar-refractivity contribution in [3.8, 4) is 0 Å². The van der Waals surface area contributed by atoms with E-state index in [0.717, 1.165) is 10.2 Å². The number of thiol groups is 1. The molecule has 11 heavy (non-hydrogen) atoms. The summed E-state index contributed by atoms with van der Waals surface area (Å²) in [6, 6.07) is 6.13. The topological polar surface area (TPSA) is 12.0 Å². The van der Waals surface area contributed by atoms with Crippen molar-refractivity contribution in [1.82, 2.24) is 0 Å². The number of rotatable bonds is 2. The quantitative estimate of drug-likeness (QED) is 0.590. The fraction of sp³-hybridized carbons (Fsp3) is 0.250. The van der Waals surface area contributed by atoms with Gasteiger partial charge in [0.2, 0.25) is 0 Å². The van der Waals surface area contributed by atoms with E-state index in [-0.39, 0.29) is 0 Å². The van der Waals surface area contributed by atoms with E-state index < -0.39 is 0 Å². The molecule has 0 heterocycles. The van der Waals surface area contributed by atoms with Crippen LogP contribution in [0.5, 0.6) is 0 Å². The van der Waals surface area contributed by atoms with Crippen molar-refractivity contribution in [2.45, 2.75) is 6.92 Å². The lowest BCUT2D eigenvalue weighted by molar-refractivity contribution is 1.39. The lowest BCUT2D eigenvalue weighted by atomic mass is 10.2. The molecule has 1 rings (SSSR count). The zero-order chi connectivity index (χ0) is 8.27. The second kappa shape index (κ2) is 4.02. The molecule has 0 fully saturated rings. The number of aryl methyl sites for hydroxylation is 1. The average molecular weight is 232 g/mol. The third kappa shape index (κ3) is 2.42. The van der Waals surface area contributed by atoms with E-state index in [4.69, 9.17) is 0 Å². The molecule has 0 aliphatic carbocycles. The van der Waals surface area contributed by atoms with Crippen LogP contribution in [0, 0.1) is 6.92 Å². The number of halogens is 1. The van der Waals surface area contributed by atoms with E-state index >= 15 is 0 Å². The number of hydrogen-bond donors (Lipinski definition) is 2. The van der Waals surface area contributed by atoms with Crippen molar-refractivity contribution in [2.75, 3.05) is 11.2 Å². The second-order valence-corrected chi connectivity index (χ2v) is 3.47. The molecular formula is C8H10BrNS. The van der Waals surface area contributed by atoms with Crippen LogP contribution in [0.15, 0.2) is 22.7 Å². The number of benzene rings is 1. The van der Waals surface area contributed by atoms with Gasteiger partial charge in [0.1, 0.15) is 0 Å². The third-order valence-electron chi connectivity index (χ3n) is 1.44. The molecule has 0 spiro atoms. The predicted molar refractivity (Wildman–Crippen MR) is 56.4 cm³/mol. The highest BCUT2D eigenvalue weighted by Crippen LogP contribution is 2.19. The van der Waals surface area contributed by atoms with Crippen molar-refractivity contribution < 1.29 is 0 Å². The lowest BCUT2D eigenvalue weighted by Gasteiger charge is -2.04. The summed E-state index contributed by atoms with van der Waals surface area (Å²) in [5.74, 6) is 0.668. The summed E-state index contributed by atoms with van der Waals surface area (Å²) >= 11 is 7.50. The van der Waals surface area contributed by atoms with Crippen molar-refractivity contribution in [3.05, 3.63) is 28.2 Å². The number of nitrogens with one attached hydrogen (secondary N) is 1. The van der Waals surface area contributed by atoms with Crippen LogP contribution >= 0.6 is 28.6 Å². The van der Waals surface area contributed by atoms with Gasteiger partial charge in [0.25, 0.3) is 0 Å². The Morgan fingerprint density at radius 2 is 2.27 bits per heavy atom. The molecule has 1 aromatic carbocycles. The zero-order valence-corrected chi connectivity index (χ0v) is 8.74. The van der Waals surface area contributed by atoms with Gasteiger partial charge < -0.3 is 5.32 Å². The monoisotopic (exact) mass is 231 g/mol. The predicted octanol–water partition coefficient (Wildman–Crippen LogP) is 3.06. The first kappa shape index (κ1) is 8.94. The van der Waals surface area contributed by atoms with E-state index in [2.05, 4.69) is 46.9 Å². The van der Waals surface area contributed by atoms with Gasteiger partial charge in [0.15, 0.2) is 0 Å². The van der Waals surface area contributed by atoms with Crippen LogP contribution in [0.25, 0.3) is 0 Å². The summed E-state index contributed by atoms with van der Waals surface area (Å²) in [6.07, 6.45) is 0. The maximum absolute atomic E-state index is 4.07. The van der Waals surface area contributed by atoms with Gasteiger partial charge in [-0.3, -0.25) is 0 Å². The van der Waals surface area contributed by atoms with E-state index in [0.29, 0.717) is 5.88 Å². The van der Waals surface area contributed by atoms with Crippen LogP contribution in [-0.2, 0) is 0 Å². The minimum absolute atomic E-state index is 0.668. The molecule has 0 saturated carbocycles. The first-order chi connectivity index (χ1) is 5.24. The molecule has 0 aromatic heterocycles. The summed E-state index contributed by atoms with van der Waals surface area (Å²) < 4.78 is 1.14. The molecule has 0 bridgehead atoms. The maximum atomic E-state index is 4.07. The summed E-state index contributed by atoms with van der Waals surface area (Å²) in [6.45, 7) is 2.06. The fourth-order valence-electron chi connectivity index (χ4n) is 0.846. The van der Waals surface area contributed by atoms with Gasteiger partial charge in [-0.15, -0.1) is 0 Å². The van der Waals surface area contributed by atoms with E-state index in [1.54, 1.807) is 0 Å². The Labute approximate surface area is 80.7 Å². The van der Waals surface area contributed by atoms with Gasteiger partial charge in [-0.2, -0.15) is 12.6 Å². The minimum Gasteiger partial charge on any atom is -0.376 e. The van der Waals surface area contributed by atoms with Crippen LogP contribution in [0.2, 0.25) is 0 Å². The van der Waals surface area contributed by atoms with E-state index in [1.807, 2.05) is 12.1 Å². The average Bonchev–Trinajstić information content (AvgIpc) is 1.98. The van der Waals surface area contributed by atoms with Crippen LogP contribution in [0.3, 0.4) is 0 Å². The van der Waals surface area contributed by atoms with Crippen molar-refractivity contribution >= 4 is 34.2 Å². The Bertz CT molecular complexity index is 250. The maximum Gasteiger partial charge on any atom is 0.0581 e. The molecule has 0 aliphatic heterocycles. The Morgan fingerprint density at radius 1 is 1.55 bits per heavy atom. The summed E-state index contributed by atoms with van der Waals surface area (Å²) in [5, 5.41) is 3.12. The number of anilines is 1. The molecule has 60 valence electrons. The normalized spacial score (nSPS) is 9.73. The Kier molecular flexibility index (Phi) is 3.27. The van der Waals surface area contributed by atoms with Crippen LogP contribution < -0.4 is 5.32 Å². The van der Waals surface area contributed by atoms with Gasteiger partial charge >= 0.3 is 0 Å². The van der Waals surface area contributed by atoms with Gasteiger partial charge in [0.05, 0.1) is 5.88 Å². The molecule has 0 unspecified atom stereocenters. The summed E-state index contributed by atoms with van der Waals surface area (Å²) in [4.78, 5) is 0. The molecule has 1 nitrogen and oxygen atoms in total. The van der Waals surface area contributed by atoms with Crippen molar-refractivity contribution in [3.63, 3.8) is 0 Å². The molecule has 1 aromatic rings. The van der Waals surface area contributed by atoms with Gasteiger partial charge in [-0.1, -0.05) is 15.9 Å².